The minimum atomic E-state index is 0.0299. The van der Waals surface area contributed by atoms with Crippen molar-refractivity contribution in [2.45, 2.75) is 13.0 Å². The highest BCUT2D eigenvalue weighted by molar-refractivity contribution is 7.09. The molecule has 0 radical (unpaired) electrons. The van der Waals surface area contributed by atoms with Crippen LogP contribution >= 0.6 is 11.3 Å². The van der Waals surface area contributed by atoms with Gasteiger partial charge in [0.15, 0.2) is 0 Å². The molecule has 0 aliphatic rings. The monoisotopic (exact) mass is 274 g/mol. The lowest BCUT2D eigenvalue weighted by Crippen LogP contribution is -2.24. The lowest BCUT2D eigenvalue weighted by atomic mass is 10.1. The first-order chi connectivity index (χ1) is 9.16. The van der Waals surface area contributed by atoms with Crippen molar-refractivity contribution in [1.29, 1.82) is 5.41 Å². The van der Waals surface area contributed by atoms with Gasteiger partial charge >= 0.3 is 0 Å². The number of amidine groups is 1. The summed E-state index contributed by atoms with van der Waals surface area (Å²) in [6.07, 6.45) is 2.72. The number of nitrogens with one attached hydrogen (secondary N) is 1. The highest BCUT2D eigenvalue weighted by Gasteiger charge is 2.08. The van der Waals surface area contributed by atoms with E-state index in [1.165, 1.54) is 4.88 Å². The van der Waals surface area contributed by atoms with Crippen LogP contribution in [0.25, 0.3) is 0 Å². The average molecular weight is 274 g/mol. The predicted molar refractivity (Wildman–Crippen MR) is 79.6 cm³/mol. The summed E-state index contributed by atoms with van der Waals surface area (Å²) in [6.45, 7) is 1.74. The molecular weight excluding hydrogens is 256 g/mol. The fraction of sp³-hybridized carbons (Fsp3) is 0.286. The lowest BCUT2D eigenvalue weighted by Gasteiger charge is -2.17. The Labute approximate surface area is 117 Å². The molecule has 0 unspecified atom stereocenters. The molecule has 100 valence electrons. The zero-order valence-corrected chi connectivity index (χ0v) is 11.8. The normalized spacial score (nSPS) is 10.8. The van der Waals surface area contributed by atoms with E-state index < -0.39 is 0 Å². The van der Waals surface area contributed by atoms with Gasteiger partial charge < -0.3 is 10.6 Å². The first-order valence-corrected chi connectivity index (χ1v) is 7.04. The van der Waals surface area contributed by atoms with Crippen LogP contribution in [0.1, 0.15) is 16.1 Å². The Morgan fingerprint density at radius 1 is 1.42 bits per heavy atom. The number of rotatable bonds is 6. The van der Waals surface area contributed by atoms with Crippen LogP contribution in [-0.2, 0) is 13.0 Å². The smallest absolute Gasteiger partial charge is 0.142 e. The van der Waals surface area contributed by atoms with Crippen LogP contribution < -0.4 is 5.73 Å². The van der Waals surface area contributed by atoms with E-state index in [-0.39, 0.29) is 5.84 Å². The average Bonchev–Trinajstić information content (AvgIpc) is 2.90. The summed E-state index contributed by atoms with van der Waals surface area (Å²) in [5.74, 6) is 0.0299. The summed E-state index contributed by atoms with van der Waals surface area (Å²) in [4.78, 5) is 7.79. The molecule has 5 heteroatoms. The second-order valence-electron chi connectivity index (χ2n) is 4.49. The Bertz CT molecular complexity index is 536. The molecule has 2 heterocycles. The van der Waals surface area contributed by atoms with Crippen molar-refractivity contribution >= 4 is 17.2 Å². The topological polar surface area (TPSA) is 66.0 Å². The van der Waals surface area contributed by atoms with Crippen LogP contribution in [0, 0.1) is 5.41 Å². The lowest BCUT2D eigenvalue weighted by molar-refractivity contribution is 0.331. The van der Waals surface area contributed by atoms with Crippen molar-refractivity contribution in [2.75, 3.05) is 13.6 Å². The first-order valence-electron chi connectivity index (χ1n) is 6.16. The number of aromatic nitrogens is 1. The maximum absolute atomic E-state index is 7.53. The summed E-state index contributed by atoms with van der Waals surface area (Å²) >= 11 is 1.79. The van der Waals surface area contributed by atoms with Gasteiger partial charge in [-0.2, -0.15) is 0 Å². The van der Waals surface area contributed by atoms with E-state index in [9.17, 15) is 0 Å². The minimum absolute atomic E-state index is 0.0299. The number of nitrogens with two attached hydrogens (primary N) is 1. The molecule has 0 saturated heterocycles. The van der Waals surface area contributed by atoms with E-state index in [1.807, 2.05) is 12.1 Å². The van der Waals surface area contributed by atoms with Gasteiger partial charge in [-0.15, -0.1) is 11.3 Å². The van der Waals surface area contributed by atoms with Crippen molar-refractivity contribution in [2.24, 2.45) is 5.73 Å². The van der Waals surface area contributed by atoms with Crippen LogP contribution in [0.2, 0.25) is 0 Å². The first kappa shape index (κ1) is 13.7. The fourth-order valence-electron chi connectivity index (χ4n) is 1.93. The molecule has 2 aromatic heterocycles. The van der Waals surface area contributed by atoms with Crippen LogP contribution in [0.15, 0.2) is 35.8 Å². The Hall–Kier alpha value is -1.72. The van der Waals surface area contributed by atoms with Crippen LogP contribution in [0.4, 0.5) is 0 Å². The van der Waals surface area contributed by atoms with Gasteiger partial charge in [0.1, 0.15) is 11.5 Å². The number of thiophene rings is 1. The Morgan fingerprint density at radius 2 is 2.26 bits per heavy atom. The van der Waals surface area contributed by atoms with Crippen molar-refractivity contribution in [1.82, 2.24) is 9.88 Å². The van der Waals surface area contributed by atoms with E-state index >= 15 is 0 Å². The van der Waals surface area contributed by atoms with Gasteiger partial charge in [0.25, 0.3) is 0 Å². The highest BCUT2D eigenvalue weighted by atomic mass is 32.1. The molecule has 4 nitrogen and oxygen atoms in total. The molecule has 0 saturated carbocycles. The van der Waals surface area contributed by atoms with E-state index in [4.69, 9.17) is 11.1 Å². The molecule has 0 aliphatic carbocycles. The summed E-state index contributed by atoms with van der Waals surface area (Å²) in [5.41, 5.74) is 7.14. The van der Waals surface area contributed by atoms with Crippen molar-refractivity contribution in [3.8, 4) is 0 Å². The quantitative estimate of drug-likeness (QED) is 0.626. The standard InChI is InChI=1S/C14H18N4S/c1-18(8-6-12-5-3-9-19-12)10-11-4-2-7-17-13(11)14(15)16/h2-5,7,9H,6,8,10H2,1H3,(H3,15,16). The van der Waals surface area contributed by atoms with Gasteiger partial charge in [-0.1, -0.05) is 12.1 Å². The van der Waals surface area contributed by atoms with Crippen molar-refractivity contribution < 1.29 is 0 Å². The molecule has 0 bridgehead atoms. The number of pyridine rings is 1. The number of nitrogens with zero attached hydrogens (tertiary/aromatic N) is 2. The largest absolute Gasteiger partial charge is 0.382 e. The maximum Gasteiger partial charge on any atom is 0.142 e. The van der Waals surface area contributed by atoms with Gasteiger partial charge in [0.2, 0.25) is 0 Å². The number of likely N-dealkylation sites (N-methyl/N-ethyl adjacent to an activating group) is 1. The number of hydrogen-bond donors (Lipinski definition) is 2. The minimum Gasteiger partial charge on any atom is -0.382 e. The van der Waals surface area contributed by atoms with Gasteiger partial charge in [0, 0.05) is 24.2 Å². The van der Waals surface area contributed by atoms with Crippen LogP contribution in [0.5, 0.6) is 0 Å². The third-order valence-electron chi connectivity index (χ3n) is 2.91. The van der Waals surface area contributed by atoms with Crippen molar-refractivity contribution in [3.63, 3.8) is 0 Å². The van der Waals surface area contributed by atoms with E-state index in [0.717, 1.165) is 25.1 Å². The Balaban J connectivity index is 1.95. The van der Waals surface area contributed by atoms with E-state index in [2.05, 4.69) is 34.4 Å². The molecule has 3 N–H and O–H groups in total. The SMILES string of the molecule is CN(CCc1cccs1)Cc1cccnc1C(=N)N. The Morgan fingerprint density at radius 3 is 2.95 bits per heavy atom. The van der Waals surface area contributed by atoms with Gasteiger partial charge in [-0.25, -0.2) is 0 Å². The second-order valence-corrected chi connectivity index (χ2v) is 5.52. The predicted octanol–water partition coefficient (Wildman–Crippen LogP) is 2.10. The molecule has 2 aromatic rings. The number of hydrogen-bond acceptors (Lipinski definition) is 4. The molecule has 19 heavy (non-hydrogen) atoms. The van der Waals surface area contributed by atoms with E-state index in [0.29, 0.717) is 5.69 Å². The fourth-order valence-corrected chi connectivity index (χ4v) is 2.63. The third-order valence-corrected chi connectivity index (χ3v) is 3.84. The molecule has 0 aromatic carbocycles. The van der Waals surface area contributed by atoms with Crippen LogP contribution in [0.3, 0.4) is 0 Å². The highest BCUT2D eigenvalue weighted by Crippen LogP contribution is 2.11. The summed E-state index contributed by atoms with van der Waals surface area (Å²) in [6, 6.07) is 8.10. The molecule has 2 rings (SSSR count). The number of nitrogen functional groups attached to an aromatic ring is 1. The third kappa shape index (κ3) is 3.87. The molecule has 0 aliphatic heterocycles. The zero-order chi connectivity index (χ0) is 13.7. The second kappa shape index (κ2) is 6.45. The summed E-state index contributed by atoms with van der Waals surface area (Å²) in [5, 5.41) is 9.64. The zero-order valence-electron chi connectivity index (χ0n) is 11.0. The summed E-state index contributed by atoms with van der Waals surface area (Å²) < 4.78 is 0. The van der Waals surface area contributed by atoms with E-state index in [1.54, 1.807) is 17.5 Å². The van der Waals surface area contributed by atoms with Gasteiger partial charge in [-0.3, -0.25) is 10.4 Å². The molecule has 0 spiro atoms. The maximum atomic E-state index is 7.53. The van der Waals surface area contributed by atoms with Crippen LogP contribution in [-0.4, -0.2) is 29.3 Å². The molecular formula is C14H18N4S. The van der Waals surface area contributed by atoms with Gasteiger partial charge in [0.05, 0.1) is 0 Å². The molecule has 0 atom stereocenters. The molecule has 0 fully saturated rings. The van der Waals surface area contributed by atoms with Gasteiger partial charge in [-0.05, 0) is 36.5 Å². The summed E-state index contributed by atoms with van der Waals surface area (Å²) in [7, 11) is 2.07. The molecule has 0 amide bonds. The van der Waals surface area contributed by atoms with Crippen molar-refractivity contribution in [3.05, 3.63) is 52.0 Å². The Kier molecular flexibility index (Phi) is 4.65.